The van der Waals surface area contributed by atoms with Gasteiger partial charge in [0.05, 0.1) is 5.56 Å². The van der Waals surface area contributed by atoms with Crippen LogP contribution in [0.3, 0.4) is 0 Å². The normalized spacial score (nSPS) is 27.6. The van der Waals surface area contributed by atoms with Crippen molar-refractivity contribution >= 4 is 17.8 Å². The first kappa shape index (κ1) is 20.0. The average Bonchev–Trinajstić information content (AvgIpc) is 2.82. The number of hydrogen-bond donors (Lipinski definition) is 1. The van der Waals surface area contributed by atoms with E-state index in [4.69, 9.17) is 0 Å². The Labute approximate surface area is 182 Å². The van der Waals surface area contributed by atoms with E-state index in [-0.39, 0.29) is 18.0 Å². The Bertz CT molecular complexity index is 948. The number of nitrogens with zero attached hydrogens (tertiary/aromatic N) is 4. The zero-order valence-corrected chi connectivity index (χ0v) is 17.9. The largest absolute Gasteiger partial charge is 0.357 e. The quantitative estimate of drug-likeness (QED) is 0.824. The number of likely N-dealkylation sites (tertiary alicyclic amines) is 1. The fraction of sp³-hybridized carbons (Fsp3) is 0.500. The van der Waals surface area contributed by atoms with Gasteiger partial charge in [-0.2, -0.15) is 0 Å². The number of aromatic nitrogens is 2. The first-order chi connectivity index (χ1) is 15.1. The Kier molecular flexibility index (Phi) is 5.34. The Morgan fingerprint density at radius 1 is 1.13 bits per heavy atom. The van der Waals surface area contributed by atoms with Crippen LogP contribution in [0.4, 0.5) is 5.95 Å². The molecule has 3 aliphatic rings. The van der Waals surface area contributed by atoms with Gasteiger partial charge in [0.15, 0.2) is 0 Å². The summed E-state index contributed by atoms with van der Waals surface area (Å²) < 4.78 is 0. The molecular weight excluding hydrogens is 390 g/mol. The molecule has 0 aliphatic carbocycles. The molecule has 4 heterocycles. The number of fused-ring (bicyclic) bond motifs is 4. The summed E-state index contributed by atoms with van der Waals surface area (Å²) >= 11 is 0. The van der Waals surface area contributed by atoms with Crippen LogP contribution in [0.5, 0.6) is 0 Å². The molecular formula is C24H29N5O2. The molecule has 3 fully saturated rings. The third-order valence-corrected chi connectivity index (χ3v) is 7.19. The van der Waals surface area contributed by atoms with Crippen LogP contribution in [0.1, 0.15) is 41.6 Å². The third kappa shape index (κ3) is 3.77. The van der Waals surface area contributed by atoms with Crippen molar-refractivity contribution < 1.29 is 9.59 Å². The van der Waals surface area contributed by atoms with Gasteiger partial charge < -0.3 is 15.1 Å². The summed E-state index contributed by atoms with van der Waals surface area (Å²) in [6.45, 7) is 1.38. The molecule has 0 saturated carbocycles. The van der Waals surface area contributed by atoms with Gasteiger partial charge in [-0.3, -0.25) is 9.59 Å². The number of nitrogens with one attached hydrogen (secondary N) is 1. The monoisotopic (exact) mass is 419 g/mol. The zero-order valence-electron chi connectivity index (χ0n) is 17.9. The van der Waals surface area contributed by atoms with Gasteiger partial charge in [-0.15, -0.1) is 0 Å². The molecule has 0 unspecified atom stereocenters. The number of anilines is 1. The van der Waals surface area contributed by atoms with Gasteiger partial charge in [-0.1, -0.05) is 30.3 Å². The number of piperidine rings is 3. The standard InChI is InChI=1S/C24H29N5O2/c1-25-24-26-12-19(13-27-24)23(31)28-14-17-11-18(15-28)21(10-16-6-3-2-4-7-16)29-20(17)8-5-9-22(29)30/h2-4,6-7,12-13,17-18,20-21H,5,8-11,14-15H2,1H3,(H,25,26,27)/t17-,18+,20+,21+/m1/s1. The van der Waals surface area contributed by atoms with Crippen molar-refractivity contribution in [3.63, 3.8) is 0 Å². The van der Waals surface area contributed by atoms with Gasteiger partial charge in [-0.25, -0.2) is 9.97 Å². The first-order valence-corrected chi connectivity index (χ1v) is 11.3. The predicted molar refractivity (Wildman–Crippen MR) is 117 cm³/mol. The minimum Gasteiger partial charge on any atom is -0.357 e. The molecule has 162 valence electrons. The molecule has 5 rings (SSSR count). The zero-order chi connectivity index (χ0) is 21.4. The van der Waals surface area contributed by atoms with Crippen molar-refractivity contribution in [2.75, 3.05) is 25.5 Å². The molecule has 2 aromatic rings. The Morgan fingerprint density at radius 3 is 2.61 bits per heavy atom. The highest BCUT2D eigenvalue weighted by Gasteiger charge is 2.49. The van der Waals surface area contributed by atoms with E-state index < -0.39 is 0 Å². The lowest BCUT2D eigenvalue weighted by atomic mass is 9.70. The molecule has 31 heavy (non-hydrogen) atoms. The highest BCUT2D eigenvalue weighted by atomic mass is 16.2. The maximum absolute atomic E-state index is 13.3. The van der Waals surface area contributed by atoms with Crippen LogP contribution in [-0.2, 0) is 11.2 Å². The predicted octanol–water partition coefficient (Wildman–Crippen LogP) is 2.60. The molecule has 2 amide bonds. The molecule has 3 saturated heterocycles. The van der Waals surface area contributed by atoms with Crippen LogP contribution in [0, 0.1) is 11.8 Å². The lowest BCUT2D eigenvalue weighted by Crippen LogP contribution is -2.66. The fourth-order valence-corrected chi connectivity index (χ4v) is 5.81. The molecule has 0 radical (unpaired) electrons. The second-order valence-corrected chi connectivity index (χ2v) is 9.03. The molecule has 1 N–H and O–H groups in total. The van der Waals surface area contributed by atoms with Crippen molar-refractivity contribution in [2.45, 2.75) is 44.2 Å². The molecule has 7 nitrogen and oxygen atoms in total. The second kappa shape index (κ2) is 8.29. The van der Waals surface area contributed by atoms with E-state index in [0.29, 0.717) is 48.8 Å². The van der Waals surface area contributed by atoms with Gasteiger partial charge in [-0.05, 0) is 43.1 Å². The van der Waals surface area contributed by atoms with E-state index in [2.05, 4.69) is 44.5 Å². The van der Waals surface area contributed by atoms with Crippen LogP contribution in [0.15, 0.2) is 42.7 Å². The van der Waals surface area contributed by atoms with Crippen LogP contribution in [0.2, 0.25) is 0 Å². The SMILES string of the molecule is CNc1ncc(C(=O)N2C[C@H]3C[C@@H](C2)[C@H](Cc2ccccc2)N2C(=O)CCC[C@@H]32)cn1. The van der Waals surface area contributed by atoms with Gasteiger partial charge in [0, 0.05) is 51.0 Å². The Balaban J connectivity index is 1.41. The summed E-state index contributed by atoms with van der Waals surface area (Å²) in [6.07, 6.45) is 7.78. The molecule has 2 bridgehead atoms. The van der Waals surface area contributed by atoms with E-state index in [9.17, 15) is 9.59 Å². The van der Waals surface area contributed by atoms with Crippen LogP contribution in [0.25, 0.3) is 0 Å². The number of benzene rings is 1. The van der Waals surface area contributed by atoms with Crippen molar-refractivity contribution in [1.29, 1.82) is 0 Å². The minimum atomic E-state index is -0.00796. The number of hydrogen-bond acceptors (Lipinski definition) is 5. The average molecular weight is 420 g/mol. The van der Waals surface area contributed by atoms with E-state index in [1.54, 1.807) is 19.4 Å². The molecule has 4 atom stereocenters. The topological polar surface area (TPSA) is 78.4 Å². The van der Waals surface area contributed by atoms with E-state index >= 15 is 0 Å². The molecule has 0 spiro atoms. The summed E-state index contributed by atoms with van der Waals surface area (Å²) in [4.78, 5) is 38.9. The lowest BCUT2D eigenvalue weighted by molar-refractivity contribution is -0.151. The van der Waals surface area contributed by atoms with E-state index in [1.165, 1.54) is 5.56 Å². The minimum absolute atomic E-state index is 0.00796. The van der Waals surface area contributed by atoms with Gasteiger partial charge in [0.2, 0.25) is 11.9 Å². The number of rotatable bonds is 4. The van der Waals surface area contributed by atoms with Crippen LogP contribution >= 0.6 is 0 Å². The molecule has 7 heteroatoms. The van der Waals surface area contributed by atoms with Crippen molar-refractivity contribution in [3.05, 3.63) is 53.9 Å². The van der Waals surface area contributed by atoms with Crippen LogP contribution in [-0.4, -0.2) is 63.8 Å². The fourth-order valence-electron chi connectivity index (χ4n) is 5.81. The lowest BCUT2D eigenvalue weighted by Gasteiger charge is -2.56. The summed E-state index contributed by atoms with van der Waals surface area (Å²) in [7, 11) is 1.76. The molecule has 1 aromatic heterocycles. The summed E-state index contributed by atoms with van der Waals surface area (Å²) in [5, 5.41) is 2.88. The van der Waals surface area contributed by atoms with Gasteiger partial charge in [0.25, 0.3) is 5.91 Å². The number of carbonyl (C=O) groups is 2. The Morgan fingerprint density at radius 2 is 1.87 bits per heavy atom. The van der Waals surface area contributed by atoms with Crippen molar-refractivity contribution in [2.24, 2.45) is 11.8 Å². The highest BCUT2D eigenvalue weighted by Crippen LogP contribution is 2.42. The maximum Gasteiger partial charge on any atom is 0.257 e. The first-order valence-electron chi connectivity index (χ1n) is 11.3. The molecule has 3 aliphatic heterocycles. The summed E-state index contributed by atoms with van der Waals surface area (Å²) in [5.41, 5.74) is 1.78. The third-order valence-electron chi connectivity index (χ3n) is 7.19. The second-order valence-electron chi connectivity index (χ2n) is 9.03. The molecule has 1 aromatic carbocycles. The summed E-state index contributed by atoms with van der Waals surface area (Å²) in [6, 6.07) is 10.8. The van der Waals surface area contributed by atoms with Gasteiger partial charge in [0.1, 0.15) is 0 Å². The van der Waals surface area contributed by atoms with E-state index in [0.717, 1.165) is 25.7 Å². The van der Waals surface area contributed by atoms with Crippen molar-refractivity contribution in [3.8, 4) is 0 Å². The van der Waals surface area contributed by atoms with Crippen LogP contribution < -0.4 is 5.32 Å². The Hall–Kier alpha value is -2.96. The highest BCUT2D eigenvalue weighted by molar-refractivity contribution is 5.93. The maximum atomic E-state index is 13.3. The number of carbonyl (C=O) groups excluding carboxylic acids is 2. The van der Waals surface area contributed by atoms with E-state index in [1.807, 2.05) is 11.0 Å². The van der Waals surface area contributed by atoms with Crippen molar-refractivity contribution in [1.82, 2.24) is 19.8 Å². The number of amides is 2. The summed E-state index contributed by atoms with van der Waals surface area (Å²) in [5.74, 6) is 1.43. The smallest absolute Gasteiger partial charge is 0.257 e. The van der Waals surface area contributed by atoms with Gasteiger partial charge >= 0.3 is 0 Å².